The molecule has 15 heavy (non-hydrogen) atoms. The second-order valence-corrected chi connectivity index (χ2v) is 5.20. The van der Waals surface area contributed by atoms with Crippen molar-refractivity contribution in [3.8, 4) is 0 Å². The zero-order valence-electron chi connectivity index (χ0n) is 8.58. The van der Waals surface area contributed by atoms with Crippen molar-refractivity contribution in [2.24, 2.45) is 0 Å². The fourth-order valence-corrected chi connectivity index (χ4v) is 2.26. The second kappa shape index (κ2) is 4.92. The van der Waals surface area contributed by atoms with E-state index in [4.69, 9.17) is 0 Å². The van der Waals surface area contributed by atoms with Crippen LogP contribution in [0.3, 0.4) is 0 Å². The molecule has 0 radical (unpaired) electrons. The zero-order chi connectivity index (χ0) is 11.5. The highest BCUT2D eigenvalue weighted by molar-refractivity contribution is 8.00. The lowest BCUT2D eigenvalue weighted by atomic mass is 10.1. The first-order valence-electron chi connectivity index (χ1n) is 4.68. The van der Waals surface area contributed by atoms with E-state index in [0.717, 1.165) is 11.8 Å². The highest BCUT2D eigenvalue weighted by atomic mass is 32.2. The minimum Gasteiger partial charge on any atom is -0.169 e. The Morgan fingerprint density at radius 2 is 1.60 bits per heavy atom. The van der Waals surface area contributed by atoms with Gasteiger partial charge in [0.05, 0.1) is 0 Å². The molecule has 0 nitrogen and oxygen atoms in total. The Labute approximate surface area is 91.9 Å². The molecule has 0 spiro atoms. The SMILES string of the molecule is CC(C)SC(c1ccccc1)C(F)(F)F. The molecule has 1 rings (SSSR count). The van der Waals surface area contributed by atoms with E-state index in [-0.39, 0.29) is 5.25 Å². The molecule has 0 N–H and O–H groups in total. The summed E-state index contributed by atoms with van der Waals surface area (Å²) in [5, 5.41) is -1.46. The van der Waals surface area contributed by atoms with Crippen LogP contribution in [0.1, 0.15) is 24.7 Å². The van der Waals surface area contributed by atoms with Gasteiger partial charge in [0, 0.05) is 0 Å². The number of thioether (sulfide) groups is 1. The first-order valence-corrected chi connectivity index (χ1v) is 5.62. The van der Waals surface area contributed by atoms with E-state index >= 15 is 0 Å². The third kappa shape index (κ3) is 3.78. The van der Waals surface area contributed by atoms with E-state index in [9.17, 15) is 13.2 Å². The van der Waals surface area contributed by atoms with Crippen molar-refractivity contribution in [2.75, 3.05) is 0 Å². The molecule has 4 heteroatoms. The number of hydrogen-bond acceptors (Lipinski definition) is 1. The van der Waals surface area contributed by atoms with Gasteiger partial charge in [0.2, 0.25) is 0 Å². The smallest absolute Gasteiger partial charge is 0.169 e. The Morgan fingerprint density at radius 3 is 2.00 bits per heavy atom. The molecular formula is C11H13F3S. The normalized spacial score (nSPS) is 14.3. The molecule has 0 saturated heterocycles. The number of halogens is 3. The zero-order valence-corrected chi connectivity index (χ0v) is 9.40. The van der Waals surface area contributed by atoms with Gasteiger partial charge in [0.15, 0.2) is 0 Å². The van der Waals surface area contributed by atoms with E-state index in [0.29, 0.717) is 5.56 Å². The molecule has 1 atom stereocenters. The van der Waals surface area contributed by atoms with Gasteiger partial charge in [-0.3, -0.25) is 0 Å². The summed E-state index contributed by atoms with van der Waals surface area (Å²) in [6.07, 6.45) is -4.18. The van der Waals surface area contributed by atoms with Crippen LogP contribution in [0.5, 0.6) is 0 Å². The molecule has 1 aromatic rings. The predicted octanol–water partition coefficient (Wildman–Crippen LogP) is 4.43. The molecule has 0 amide bonds. The average molecular weight is 234 g/mol. The molecule has 84 valence electrons. The maximum atomic E-state index is 12.7. The highest BCUT2D eigenvalue weighted by Gasteiger charge is 2.41. The maximum Gasteiger partial charge on any atom is 0.404 e. The van der Waals surface area contributed by atoms with Crippen molar-refractivity contribution in [3.05, 3.63) is 35.9 Å². The molecule has 0 fully saturated rings. The molecule has 1 aromatic carbocycles. The van der Waals surface area contributed by atoms with Gasteiger partial charge in [0.1, 0.15) is 5.25 Å². The number of alkyl halides is 3. The Hall–Kier alpha value is -0.640. The van der Waals surface area contributed by atoms with Crippen molar-refractivity contribution in [2.45, 2.75) is 30.5 Å². The molecule has 0 bridgehead atoms. The summed E-state index contributed by atoms with van der Waals surface area (Å²) < 4.78 is 38.2. The van der Waals surface area contributed by atoms with Crippen LogP contribution in [-0.2, 0) is 0 Å². The summed E-state index contributed by atoms with van der Waals surface area (Å²) in [4.78, 5) is 0. The van der Waals surface area contributed by atoms with Crippen molar-refractivity contribution >= 4 is 11.8 Å². The number of rotatable bonds is 3. The summed E-state index contributed by atoms with van der Waals surface area (Å²) in [5.41, 5.74) is 0.323. The largest absolute Gasteiger partial charge is 0.404 e. The highest BCUT2D eigenvalue weighted by Crippen LogP contribution is 2.44. The molecule has 0 aliphatic carbocycles. The van der Waals surface area contributed by atoms with Crippen LogP contribution in [-0.4, -0.2) is 11.4 Å². The van der Waals surface area contributed by atoms with Gasteiger partial charge < -0.3 is 0 Å². The molecular weight excluding hydrogens is 221 g/mol. The van der Waals surface area contributed by atoms with E-state index in [1.807, 2.05) is 0 Å². The van der Waals surface area contributed by atoms with Crippen LogP contribution in [0.4, 0.5) is 13.2 Å². The minimum absolute atomic E-state index is 0.0446. The van der Waals surface area contributed by atoms with Crippen LogP contribution in [0.15, 0.2) is 30.3 Å². The lowest BCUT2D eigenvalue weighted by molar-refractivity contribution is -0.129. The monoisotopic (exact) mass is 234 g/mol. The second-order valence-electron chi connectivity index (χ2n) is 3.52. The Kier molecular flexibility index (Phi) is 4.08. The van der Waals surface area contributed by atoms with Gasteiger partial charge in [-0.15, -0.1) is 11.8 Å². The number of benzene rings is 1. The first-order chi connectivity index (χ1) is 6.91. The van der Waals surface area contributed by atoms with E-state index < -0.39 is 11.4 Å². The van der Waals surface area contributed by atoms with E-state index in [1.165, 1.54) is 12.1 Å². The Morgan fingerprint density at radius 1 is 1.07 bits per heavy atom. The summed E-state index contributed by atoms with van der Waals surface area (Å²) >= 11 is 0.935. The van der Waals surface area contributed by atoms with Gasteiger partial charge in [0.25, 0.3) is 0 Å². The van der Waals surface area contributed by atoms with Crippen molar-refractivity contribution in [1.29, 1.82) is 0 Å². The molecule has 0 aliphatic heterocycles. The molecule has 0 aliphatic rings. The van der Waals surface area contributed by atoms with Gasteiger partial charge in [-0.25, -0.2) is 0 Å². The van der Waals surface area contributed by atoms with Crippen LogP contribution < -0.4 is 0 Å². The fraction of sp³-hybridized carbons (Fsp3) is 0.455. The molecule has 0 saturated carbocycles. The van der Waals surface area contributed by atoms with E-state index in [1.54, 1.807) is 32.0 Å². The Balaban J connectivity index is 2.92. The lowest BCUT2D eigenvalue weighted by Gasteiger charge is -2.21. The summed E-state index contributed by atoms with van der Waals surface area (Å²) in [6.45, 7) is 3.54. The quantitative estimate of drug-likeness (QED) is 0.745. The minimum atomic E-state index is -4.18. The summed E-state index contributed by atoms with van der Waals surface area (Å²) in [7, 11) is 0. The standard InChI is InChI=1S/C11H13F3S/c1-8(2)15-10(11(12,13)14)9-6-4-3-5-7-9/h3-8,10H,1-2H3. The van der Waals surface area contributed by atoms with E-state index in [2.05, 4.69) is 0 Å². The topological polar surface area (TPSA) is 0 Å². The van der Waals surface area contributed by atoms with Crippen molar-refractivity contribution in [1.82, 2.24) is 0 Å². The van der Waals surface area contributed by atoms with Gasteiger partial charge in [-0.2, -0.15) is 13.2 Å². The lowest BCUT2D eigenvalue weighted by Crippen LogP contribution is -2.19. The first kappa shape index (κ1) is 12.4. The maximum absolute atomic E-state index is 12.7. The third-order valence-electron chi connectivity index (χ3n) is 1.81. The predicted molar refractivity (Wildman–Crippen MR) is 58.0 cm³/mol. The van der Waals surface area contributed by atoms with Gasteiger partial charge in [-0.05, 0) is 10.8 Å². The van der Waals surface area contributed by atoms with Gasteiger partial charge >= 0.3 is 6.18 Å². The average Bonchev–Trinajstić information content (AvgIpc) is 2.14. The van der Waals surface area contributed by atoms with Crippen LogP contribution in [0, 0.1) is 0 Å². The van der Waals surface area contributed by atoms with Crippen molar-refractivity contribution in [3.63, 3.8) is 0 Å². The van der Waals surface area contributed by atoms with Crippen molar-refractivity contribution < 1.29 is 13.2 Å². The van der Waals surface area contributed by atoms with Crippen LogP contribution in [0.2, 0.25) is 0 Å². The third-order valence-corrected chi connectivity index (χ3v) is 3.16. The van der Waals surface area contributed by atoms with Gasteiger partial charge in [-0.1, -0.05) is 44.2 Å². The molecule has 0 aromatic heterocycles. The molecule has 0 heterocycles. The Bertz CT molecular complexity index is 292. The number of hydrogen-bond donors (Lipinski definition) is 0. The fourth-order valence-electron chi connectivity index (χ4n) is 1.24. The molecule has 1 unspecified atom stereocenters. The van der Waals surface area contributed by atoms with Crippen LogP contribution >= 0.6 is 11.8 Å². The van der Waals surface area contributed by atoms with Crippen LogP contribution in [0.25, 0.3) is 0 Å². The summed E-state index contributed by atoms with van der Waals surface area (Å²) in [5.74, 6) is 0. The summed E-state index contributed by atoms with van der Waals surface area (Å²) in [6, 6.07) is 8.03.